The largest absolute Gasteiger partial charge is 0.391 e. The van der Waals surface area contributed by atoms with Crippen LogP contribution in [0.1, 0.15) is 31.2 Å². The SMILES string of the molecule is CNc1nc2ccccc2n1Cc1ccc2nc(N[C@@H]3CCCC[C@H]3O)sc2c1. The van der Waals surface area contributed by atoms with Crippen molar-refractivity contribution in [2.24, 2.45) is 0 Å². The number of imidazole rings is 1. The molecular weight excluding hydrogens is 382 g/mol. The van der Waals surface area contributed by atoms with E-state index in [-0.39, 0.29) is 12.1 Å². The molecule has 0 bridgehead atoms. The first-order chi connectivity index (χ1) is 14.2. The van der Waals surface area contributed by atoms with Crippen LogP contribution in [-0.2, 0) is 6.54 Å². The van der Waals surface area contributed by atoms with Gasteiger partial charge in [-0.2, -0.15) is 0 Å². The Morgan fingerprint density at radius 1 is 1.10 bits per heavy atom. The number of nitrogens with zero attached hydrogens (tertiary/aromatic N) is 3. The first kappa shape index (κ1) is 18.4. The number of aliphatic hydroxyl groups is 1. The van der Waals surface area contributed by atoms with Crippen molar-refractivity contribution in [3.05, 3.63) is 48.0 Å². The van der Waals surface area contributed by atoms with Crippen molar-refractivity contribution in [2.45, 2.75) is 44.4 Å². The zero-order valence-corrected chi connectivity index (χ0v) is 17.2. The quantitative estimate of drug-likeness (QED) is 0.456. The van der Waals surface area contributed by atoms with E-state index in [9.17, 15) is 5.11 Å². The molecule has 2 heterocycles. The molecule has 0 saturated heterocycles. The second-order valence-electron chi connectivity index (χ2n) is 7.68. The number of fused-ring (bicyclic) bond motifs is 2. The van der Waals surface area contributed by atoms with E-state index in [0.717, 1.165) is 64.6 Å². The molecule has 0 amide bonds. The van der Waals surface area contributed by atoms with Crippen molar-refractivity contribution in [1.29, 1.82) is 0 Å². The molecule has 150 valence electrons. The lowest BCUT2D eigenvalue weighted by molar-refractivity contribution is 0.116. The first-order valence-electron chi connectivity index (χ1n) is 10.2. The van der Waals surface area contributed by atoms with Crippen LogP contribution in [0.3, 0.4) is 0 Å². The van der Waals surface area contributed by atoms with Crippen LogP contribution in [0.25, 0.3) is 21.3 Å². The molecule has 1 aliphatic rings. The van der Waals surface area contributed by atoms with Crippen molar-refractivity contribution < 1.29 is 5.11 Å². The number of hydrogen-bond acceptors (Lipinski definition) is 6. The van der Waals surface area contributed by atoms with Crippen LogP contribution in [0.4, 0.5) is 11.1 Å². The molecule has 0 radical (unpaired) electrons. The molecular formula is C22H25N5OS. The second kappa shape index (κ2) is 7.65. The minimum atomic E-state index is -0.277. The fourth-order valence-corrected chi connectivity index (χ4v) is 5.17. The van der Waals surface area contributed by atoms with Gasteiger partial charge >= 0.3 is 0 Å². The first-order valence-corrected chi connectivity index (χ1v) is 11.0. The Balaban J connectivity index is 1.42. The number of aliphatic hydroxyl groups excluding tert-OH is 1. The van der Waals surface area contributed by atoms with Gasteiger partial charge in [0.05, 0.1) is 39.9 Å². The van der Waals surface area contributed by atoms with E-state index in [1.54, 1.807) is 11.3 Å². The topological polar surface area (TPSA) is 75.0 Å². The molecule has 1 saturated carbocycles. The van der Waals surface area contributed by atoms with Crippen LogP contribution in [0, 0.1) is 0 Å². The zero-order valence-electron chi connectivity index (χ0n) is 16.4. The van der Waals surface area contributed by atoms with Crippen LogP contribution < -0.4 is 10.6 Å². The third kappa shape index (κ3) is 3.56. The van der Waals surface area contributed by atoms with E-state index < -0.39 is 0 Å². The minimum absolute atomic E-state index is 0.110. The van der Waals surface area contributed by atoms with Crippen LogP contribution in [0.2, 0.25) is 0 Å². The van der Waals surface area contributed by atoms with E-state index in [1.165, 1.54) is 5.56 Å². The van der Waals surface area contributed by atoms with Gasteiger partial charge in [0.1, 0.15) is 0 Å². The summed E-state index contributed by atoms with van der Waals surface area (Å²) in [7, 11) is 1.90. The Hall–Kier alpha value is -2.64. The number of nitrogens with one attached hydrogen (secondary N) is 2. The van der Waals surface area contributed by atoms with Crippen LogP contribution in [-0.4, -0.2) is 38.8 Å². The molecule has 6 nitrogen and oxygen atoms in total. The maximum absolute atomic E-state index is 10.2. The van der Waals surface area contributed by atoms with Gasteiger partial charge in [0, 0.05) is 7.05 Å². The number of rotatable bonds is 5. The lowest BCUT2D eigenvalue weighted by atomic mass is 9.93. The van der Waals surface area contributed by atoms with Crippen LogP contribution in [0.15, 0.2) is 42.5 Å². The van der Waals surface area contributed by atoms with Crippen molar-refractivity contribution in [1.82, 2.24) is 14.5 Å². The number of benzene rings is 2. The van der Waals surface area contributed by atoms with Gasteiger partial charge < -0.3 is 20.3 Å². The van der Waals surface area contributed by atoms with E-state index in [4.69, 9.17) is 4.98 Å². The molecule has 2 aromatic carbocycles. The molecule has 7 heteroatoms. The molecule has 4 aromatic rings. The number of para-hydroxylation sites is 2. The van der Waals surface area contributed by atoms with Gasteiger partial charge in [-0.3, -0.25) is 0 Å². The predicted octanol–water partition coefficient (Wildman–Crippen LogP) is 4.45. The molecule has 5 rings (SSSR count). The highest BCUT2D eigenvalue weighted by atomic mass is 32.1. The summed E-state index contributed by atoms with van der Waals surface area (Å²) in [5.41, 5.74) is 4.32. The summed E-state index contributed by atoms with van der Waals surface area (Å²) in [5, 5.41) is 17.8. The highest BCUT2D eigenvalue weighted by molar-refractivity contribution is 7.22. The summed E-state index contributed by atoms with van der Waals surface area (Å²) < 4.78 is 3.36. The highest BCUT2D eigenvalue weighted by Crippen LogP contribution is 2.30. The van der Waals surface area contributed by atoms with Gasteiger partial charge in [-0.25, -0.2) is 9.97 Å². The van der Waals surface area contributed by atoms with Crippen molar-refractivity contribution >= 4 is 43.7 Å². The second-order valence-corrected chi connectivity index (χ2v) is 8.71. The lowest BCUT2D eigenvalue weighted by Gasteiger charge is -2.27. The summed E-state index contributed by atoms with van der Waals surface area (Å²) in [6.07, 6.45) is 3.87. The monoisotopic (exact) mass is 407 g/mol. The molecule has 0 spiro atoms. The normalized spacial score (nSPS) is 19.7. The Morgan fingerprint density at radius 3 is 2.83 bits per heavy atom. The summed E-state index contributed by atoms with van der Waals surface area (Å²) in [6, 6.07) is 14.7. The Bertz CT molecular complexity index is 1150. The molecule has 0 aliphatic heterocycles. The maximum atomic E-state index is 10.2. The molecule has 2 atom stereocenters. The lowest BCUT2D eigenvalue weighted by Crippen LogP contribution is -2.36. The highest BCUT2D eigenvalue weighted by Gasteiger charge is 2.23. The predicted molar refractivity (Wildman–Crippen MR) is 120 cm³/mol. The number of hydrogen-bond donors (Lipinski definition) is 3. The van der Waals surface area contributed by atoms with Crippen LogP contribution >= 0.6 is 11.3 Å². The summed E-state index contributed by atoms with van der Waals surface area (Å²) in [5.74, 6) is 0.865. The van der Waals surface area contributed by atoms with Crippen molar-refractivity contribution in [3.63, 3.8) is 0 Å². The average molecular weight is 408 g/mol. The Kier molecular flexibility index (Phi) is 4.85. The summed E-state index contributed by atoms with van der Waals surface area (Å²) >= 11 is 1.66. The van der Waals surface area contributed by atoms with E-state index in [1.807, 2.05) is 25.2 Å². The van der Waals surface area contributed by atoms with Gasteiger partial charge in [-0.1, -0.05) is 42.4 Å². The third-order valence-electron chi connectivity index (χ3n) is 5.71. The summed E-state index contributed by atoms with van der Waals surface area (Å²) in [4.78, 5) is 9.40. The Labute approximate surface area is 173 Å². The van der Waals surface area contributed by atoms with Gasteiger partial charge in [-0.15, -0.1) is 0 Å². The number of anilines is 2. The van der Waals surface area contributed by atoms with Gasteiger partial charge in [0.15, 0.2) is 5.13 Å². The smallest absolute Gasteiger partial charge is 0.203 e. The summed E-state index contributed by atoms with van der Waals surface area (Å²) in [6.45, 7) is 0.745. The maximum Gasteiger partial charge on any atom is 0.203 e. The zero-order chi connectivity index (χ0) is 19.8. The molecule has 1 aliphatic carbocycles. The molecule has 2 aromatic heterocycles. The Morgan fingerprint density at radius 2 is 1.97 bits per heavy atom. The third-order valence-corrected chi connectivity index (χ3v) is 6.66. The van der Waals surface area contributed by atoms with E-state index in [0.29, 0.717) is 0 Å². The molecule has 29 heavy (non-hydrogen) atoms. The minimum Gasteiger partial charge on any atom is -0.391 e. The van der Waals surface area contributed by atoms with Crippen LogP contribution in [0.5, 0.6) is 0 Å². The van der Waals surface area contributed by atoms with E-state index >= 15 is 0 Å². The standard InChI is InChI=1S/C22H25N5OS/c1-23-21-24-15-6-2-4-8-18(15)27(21)13-14-10-11-17-20(12-14)29-22(26-17)25-16-7-3-5-9-19(16)28/h2,4,6,8,10-12,16,19,28H,3,5,7,9,13H2,1H3,(H,23,24)(H,25,26)/t16-,19-/m1/s1. The molecule has 1 fully saturated rings. The number of thiazole rings is 1. The average Bonchev–Trinajstić information content (AvgIpc) is 3.30. The molecule has 3 N–H and O–H groups in total. The number of aromatic nitrogens is 3. The van der Waals surface area contributed by atoms with Gasteiger partial charge in [0.25, 0.3) is 0 Å². The fraction of sp³-hybridized carbons (Fsp3) is 0.364. The van der Waals surface area contributed by atoms with Crippen molar-refractivity contribution in [3.8, 4) is 0 Å². The van der Waals surface area contributed by atoms with E-state index in [2.05, 4.69) is 44.5 Å². The molecule has 0 unspecified atom stereocenters. The van der Waals surface area contributed by atoms with Gasteiger partial charge in [0.2, 0.25) is 5.95 Å². The van der Waals surface area contributed by atoms with Crippen molar-refractivity contribution in [2.75, 3.05) is 17.7 Å². The fourth-order valence-electron chi connectivity index (χ4n) is 4.18. The van der Waals surface area contributed by atoms with Gasteiger partial charge in [-0.05, 0) is 42.7 Å².